The molecule has 0 aliphatic carbocycles. The zero-order chi connectivity index (χ0) is 57.1. The molecule has 0 aliphatic rings. The van der Waals surface area contributed by atoms with E-state index in [9.17, 15) is 68.1 Å². The lowest BCUT2D eigenvalue weighted by Gasteiger charge is -2.27. The molecule has 76 heavy (non-hydrogen) atoms. The van der Waals surface area contributed by atoms with Crippen molar-refractivity contribution < 1.29 is 68.1 Å². The average molecular weight is 1090 g/mol. The molecule has 0 saturated heterocycles. The van der Waals surface area contributed by atoms with Crippen molar-refractivity contribution in [3.8, 4) is 0 Å². The Bertz CT molecular complexity index is 2250. The first-order valence-electron chi connectivity index (χ1n) is 24.9. The van der Waals surface area contributed by atoms with E-state index in [4.69, 9.17) is 11.5 Å². The summed E-state index contributed by atoms with van der Waals surface area (Å²) >= 11 is 1.31. The number of hydrogen-bond donors (Lipinski definition) is 14. The first kappa shape index (κ1) is 65.0. The van der Waals surface area contributed by atoms with Gasteiger partial charge in [-0.15, -0.1) is 0 Å². The summed E-state index contributed by atoms with van der Waals surface area (Å²) in [5.74, 6) is -11.8. The number of carboxylic acids is 3. The number of thioether (sulfide) groups is 1. The number of nitrogens with one attached hydrogen (secondary N) is 9. The van der Waals surface area contributed by atoms with Crippen molar-refractivity contribution in [2.75, 3.05) is 18.6 Å². The van der Waals surface area contributed by atoms with Crippen LogP contribution < -0.4 is 54.0 Å². The first-order valence-corrected chi connectivity index (χ1v) is 26.3. The van der Waals surface area contributed by atoms with Gasteiger partial charge >= 0.3 is 17.9 Å². The molecule has 0 aliphatic heterocycles. The van der Waals surface area contributed by atoms with Gasteiger partial charge in [-0.3, -0.25) is 47.9 Å². The van der Waals surface area contributed by atoms with E-state index in [-0.39, 0.29) is 51.0 Å². The molecule has 0 unspecified atom stereocenters. The molecular weight excluding hydrogens is 1010 g/mol. The van der Waals surface area contributed by atoms with Crippen molar-refractivity contribution in [3.05, 3.63) is 54.1 Å². The van der Waals surface area contributed by atoms with Crippen molar-refractivity contribution in [2.24, 2.45) is 23.3 Å². The van der Waals surface area contributed by atoms with E-state index >= 15 is 0 Å². The van der Waals surface area contributed by atoms with Gasteiger partial charge < -0.3 is 74.3 Å². The lowest BCUT2D eigenvalue weighted by atomic mass is 10.0. The minimum atomic E-state index is -1.74. The van der Waals surface area contributed by atoms with Gasteiger partial charge in [0, 0.05) is 24.7 Å². The van der Waals surface area contributed by atoms with Crippen LogP contribution in [0, 0.1) is 11.8 Å². The molecule has 2 rings (SSSR count). The van der Waals surface area contributed by atoms with Crippen LogP contribution in [-0.4, -0.2) is 163 Å². The number of nitrogens with two attached hydrogens (primary N) is 2. The summed E-state index contributed by atoms with van der Waals surface area (Å²) in [6, 6.07) is -3.62. The number of carbonyl (C=O) groups is 11. The number of hydrogen-bond acceptors (Lipinski definition) is 15. The van der Waals surface area contributed by atoms with Crippen LogP contribution in [0.3, 0.4) is 0 Å². The number of rotatable bonds is 36. The molecule has 1 aromatic heterocycles. The highest BCUT2D eigenvalue weighted by atomic mass is 32.2. The lowest BCUT2D eigenvalue weighted by Crippen LogP contribution is -2.60. The number of unbranched alkanes of at least 4 members (excludes halogenated alkanes) is 1. The topological polar surface area (TPSA) is 425 Å². The Kier molecular flexibility index (Phi) is 28.8. The minimum Gasteiger partial charge on any atom is -0.481 e. The van der Waals surface area contributed by atoms with Gasteiger partial charge in [-0.25, -0.2) is 9.78 Å². The van der Waals surface area contributed by atoms with E-state index in [1.54, 1.807) is 64.3 Å². The number of aromatic nitrogens is 2. The van der Waals surface area contributed by atoms with Gasteiger partial charge in [0.25, 0.3) is 0 Å². The monoisotopic (exact) mass is 1090 g/mol. The van der Waals surface area contributed by atoms with Crippen LogP contribution in [0.1, 0.15) is 97.2 Å². The van der Waals surface area contributed by atoms with E-state index in [0.717, 1.165) is 5.56 Å². The third-order valence-electron chi connectivity index (χ3n) is 11.7. The van der Waals surface area contributed by atoms with Crippen LogP contribution >= 0.6 is 11.8 Å². The molecular formula is C49H76N12O14S. The standard InChI is InChI=1S/C49H76N12O14S/c1-26(2)20-35(59-42(67)31(51)21-29-12-8-7-9-13-29)46(71)60-37(23-39(64)65)48(73)55-32(14-10-11-18-50)43(68)54-28(5)41(66)58-36(22-30-24-52-25-53-30)47(72)57-34(17-19-76-6)44(69)56-33(15-16-38(62)63)45(70)61-40(27(3)4)49(74)75/h7-9,12-13,24-28,31-37,40H,10-11,14-23,50-51H2,1-6H3,(H,52,53)(H,54,68)(H,55,73)(H,56,69)(H,57,72)(H,58,66)(H,59,67)(H,60,71)(H,61,70)(H,62,63)(H,64,65)(H,74,75)/t28-,31-,32-,33-,34-,35-,36-,37-,40-/m0/s1. The normalized spacial score (nSPS) is 14.7. The number of carbonyl (C=O) groups excluding carboxylic acids is 8. The maximum atomic E-state index is 14.1. The molecule has 0 fully saturated rings. The maximum Gasteiger partial charge on any atom is 0.326 e. The van der Waals surface area contributed by atoms with Crippen LogP contribution in [0.15, 0.2) is 42.9 Å². The Morgan fingerprint density at radius 1 is 0.605 bits per heavy atom. The maximum absolute atomic E-state index is 14.1. The Morgan fingerprint density at radius 3 is 1.67 bits per heavy atom. The van der Waals surface area contributed by atoms with Gasteiger partial charge in [-0.1, -0.05) is 58.0 Å². The molecule has 0 spiro atoms. The molecule has 1 aromatic carbocycles. The fourth-order valence-electron chi connectivity index (χ4n) is 7.49. The number of benzene rings is 1. The average Bonchev–Trinajstić information content (AvgIpc) is 3.87. The largest absolute Gasteiger partial charge is 0.481 e. The number of aliphatic carboxylic acids is 3. The van der Waals surface area contributed by atoms with E-state index < -0.39 is 145 Å². The third kappa shape index (κ3) is 24.0. The molecule has 27 heteroatoms. The third-order valence-corrected chi connectivity index (χ3v) is 12.3. The smallest absolute Gasteiger partial charge is 0.326 e. The van der Waals surface area contributed by atoms with Crippen molar-refractivity contribution in [1.82, 2.24) is 52.5 Å². The Morgan fingerprint density at radius 2 is 1.13 bits per heavy atom. The number of aromatic amines is 1. The van der Waals surface area contributed by atoms with E-state index in [0.29, 0.717) is 17.9 Å². The van der Waals surface area contributed by atoms with Crippen LogP contribution in [0.4, 0.5) is 0 Å². The van der Waals surface area contributed by atoms with Gasteiger partial charge in [-0.05, 0) is 87.8 Å². The van der Waals surface area contributed by atoms with Crippen LogP contribution in [0.2, 0.25) is 0 Å². The molecule has 26 nitrogen and oxygen atoms in total. The molecule has 8 amide bonds. The van der Waals surface area contributed by atoms with Gasteiger partial charge in [0.2, 0.25) is 47.3 Å². The van der Waals surface area contributed by atoms with Crippen molar-refractivity contribution >= 4 is 76.9 Å². The summed E-state index contributed by atoms with van der Waals surface area (Å²) in [7, 11) is 0. The SMILES string of the molecule is CSCC[C@H](NC(=O)[C@H](Cc1cnc[nH]1)NC(=O)[C@H](C)NC(=O)[C@H](CCCCN)NC(=O)[C@H](CC(=O)O)NC(=O)[C@H](CC(C)C)NC(=O)[C@@H](N)Cc1ccccc1)C(=O)N[C@@H](CCC(=O)O)C(=O)N[C@H](C(=O)O)C(C)C. The fraction of sp³-hybridized carbons (Fsp3) is 0.592. The van der Waals surface area contributed by atoms with Crippen LogP contribution in [-0.2, 0) is 65.6 Å². The van der Waals surface area contributed by atoms with Crippen molar-refractivity contribution in [2.45, 2.75) is 153 Å². The molecule has 0 saturated carbocycles. The summed E-state index contributed by atoms with van der Waals surface area (Å²) in [6.07, 6.45) is 3.13. The van der Waals surface area contributed by atoms with Gasteiger partial charge in [0.15, 0.2) is 0 Å². The predicted octanol–water partition coefficient (Wildman–Crippen LogP) is -1.57. The predicted molar refractivity (Wildman–Crippen MR) is 278 cm³/mol. The van der Waals surface area contributed by atoms with E-state index in [1.807, 2.05) is 0 Å². The van der Waals surface area contributed by atoms with Gasteiger partial charge in [0.1, 0.15) is 48.3 Å². The number of carboxylic acid groups (broad SMARTS) is 3. The van der Waals surface area contributed by atoms with E-state index in [1.165, 1.54) is 31.2 Å². The van der Waals surface area contributed by atoms with Gasteiger partial charge in [-0.2, -0.15) is 11.8 Å². The first-order chi connectivity index (χ1) is 35.9. The van der Waals surface area contributed by atoms with E-state index in [2.05, 4.69) is 52.5 Å². The zero-order valence-electron chi connectivity index (χ0n) is 43.7. The fourth-order valence-corrected chi connectivity index (χ4v) is 7.96. The van der Waals surface area contributed by atoms with Gasteiger partial charge in [0.05, 0.1) is 18.8 Å². The minimum absolute atomic E-state index is 0.0137. The number of nitrogens with zero attached hydrogens (tertiary/aromatic N) is 1. The van der Waals surface area contributed by atoms with Crippen molar-refractivity contribution in [3.63, 3.8) is 0 Å². The molecule has 422 valence electrons. The second-order valence-electron chi connectivity index (χ2n) is 19.0. The Labute approximate surface area is 445 Å². The highest BCUT2D eigenvalue weighted by molar-refractivity contribution is 7.98. The lowest BCUT2D eigenvalue weighted by molar-refractivity contribution is -0.144. The second-order valence-corrected chi connectivity index (χ2v) is 20.0. The second kappa shape index (κ2) is 33.7. The number of imidazole rings is 1. The Balaban J connectivity index is 2.33. The zero-order valence-corrected chi connectivity index (χ0v) is 44.5. The molecule has 16 N–H and O–H groups in total. The Hall–Kier alpha value is -7.13. The quantitative estimate of drug-likeness (QED) is 0.0343. The van der Waals surface area contributed by atoms with Crippen molar-refractivity contribution in [1.29, 1.82) is 0 Å². The summed E-state index contributed by atoms with van der Waals surface area (Å²) in [5.41, 5.74) is 13.0. The summed E-state index contributed by atoms with van der Waals surface area (Å²) < 4.78 is 0. The highest BCUT2D eigenvalue weighted by Gasteiger charge is 2.36. The summed E-state index contributed by atoms with van der Waals surface area (Å²) in [5, 5.41) is 48.7. The summed E-state index contributed by atoms with van der Waals surface area (Å²) in [6.45, 7) is 8.15. The molecule has 1 heterocycles. The highest BCUT2D eigenvalue weighted by Crippen LogP contribution is 2.12. The number of amides is 8. The summed E-state index contributed by atoms with van der Waals surface area (Å²) in [4.78, 5) is 152. The molecule has 0 radical (unpaired) electrons. The van der Waals surface area contributed by atoms with Crippen LogP contribution in [0.25, 0.3) is 0 Å². The molecule has 9 atom stereocenters. The number of H-pyrrole nitrogens is 1. The molecule has 0 bridgehead atoms. The van der Waals surface area contributed by atoms with Crippen LogP contribution in [0.5, 0.6) is 0 Å². The molecule has 2 aromatic rings.